The molecule has 3 saturated heterocycles. The number of likely N-dealkylation sites (tertiary alicyclic amines) is 1. The Hall–Kier alpha value is -0.890. The number of likely N-dealkylation sites (N-methyl/N-ethyl adjacent to an activating group) is 2. The molecule has 1 spiro atoms. The molecule has 4 aliphatic rings. The van der Waals surface area contributed by atoms with Crippen molar-refractivity contribution in [3.8, 4) is 0 Å². The predicted molar refractivity (Wildman–Crippen MR) is 113 cm³/mol. The lowest BCUT2D eigenvalue weighted by Crippen LogP contribution is -2.68. The van der Waals surface area contributed by atoms with Crippen LogP contribution in [-0.2, 0) is 4.74 Å². The van der Waals surface area contributed by atoms with E-state index in [-0.39, 0.29) is 11.7 Å². The third-order valence-electron chi connectivity index (χ3n) is 6.44. The molecule has 3 aliphatic heterocycles. The Bertz CT molecular complexity index is 507. The van der Waals surface area contributed by atoms with Gasteiger partial charge < -0.3 is 24.8 Å². The summed E-state index contributed by atoms with van der Waals surface area (Å²) in [5.74, 6) is 0. The molecule has 0 aromatic carbocycles. The van der Waals surface area contributed by atoms with E-state index in [1.165, 1.54) is 52.1 Å². The van der Waals surface area contributed by atoms with Gasteiger partial charge in [-0.05, 0) is 47.7 Å². The summed E-state index contributed by atoms with van der Waals surface area (Å²) in [6, 6.07) is 0.750. The number of amides is 1. The topological polar surface area (TPSA) is 51.3 Å². The van der Waals surface area contributed by atoms with E-state index >= 15 is 0 Å². The first-order valence-electron chi connectivity index (χ1n) is 11.0. The van der Waals surface area contributed by atoms with E-state index in [0.29, 0.717) is 5.41 Å². The van der Waals surface area contributed by atoms with Gasteiger partial charge in [0.25, 0.3) is 0 Å². The Balaban J connectivity index is 0.000000271. The number of carbonyl (C=O) groups excluding carboxylic acids is 1. The fourth-order valence-corrected chi connectivity index (χ4v) is 4.64. The molecule has 28 heavy (non-hydrogen) atoms. The second-order valence-electron chi connectivity index (χ2n) is 10.3. The van der Waals surface area contributed by atoms with Crippen LogP contribution >= 0.6 is 0 Å². The lowest BCUT2D eigenvalue weighted by atomic mass is 9.60. The summed E-state index contributed by atoms with van der Waals surface area (Å²) in [7, 11) is 4.35. The summed E-state index contributed by atoms with van der Waals surface area (Å²) in [4.78, 5) is 21.2. The van der Waals surface area contributed by atoms with E-state index in [0.717, 1.165) is 32.2 Å². The molecule has 4 rings (SSSR count). The fraction of sp³-hybridized carbons (Fsp3) is 0.952. The van der Waals surface area contributed by atoms with Crippen LogP contribution in [0.25, 0.3) is 0 Å². The van der Waals surface area contributed by atoms with Gasteiger partial charge in [-0.15, -0.1) is 0 Å². The van der Waals surface area contributed by atoms with E-state index in [2.05, 4.69) is 34.1 Å². The van der Waals surface area contributed by atoms with Gasteiger partial charge in [0.15, 0.2) is 0 Å². The van der Waals surface area contributed by atoms with Crippen LogP contribution in [0.4, 0.5) is 4.79 Å². The molecule has 162 valence electrons. The second kappa shape index (κ2) is 8.86. The summed E-state index contributed by atoms with van der Waals surface area (Å²) < 4.78 is 5.43. The number of piperazine rings is 2. The van der Waals surface area contributed by atoms with Crippen molar-refractivity contribution in [1.82, 2.24) is 24.9 Å². The van der Waals surface area contributed by atoms with Gasteiger partial charge >= 0.3 is 6.09 Å². The Morgan fingerprint density at radius 3 is 1.93 bits per heavy atom. The summed E-state index contributed by atoms with van der Waals surface area (Å²) in [5, 5.41) is 3.27. The predicted octanol–water partition coefficient (Wildman–Crippen LogP) is 1.15. The number of nitrogens with zero attached hydrogens (tertiary/aromatic N) is 4. The van der Waals surface area contributed by atoms with Gasteiger partial charge in [0.2, 0.25) is 0 Å². The highest BCUT2D eigenvalue weighted by molar-refractivity contribution is 5.69. The summed E-state index contributed by atoms with van der Waals surface area (Å²) in [6.07, 6.45) is 2.38. The SMILES string of the molecule is CN1CCN(C2CC3(C2)CN(C(=O)OC(C)(C)C)C3)CC1.CN1CCNCC1. The Morgan fingerprint density at radius 1 is 0.929 bits per heavy atom. The van der Waals surface area contributed by atoms with Crippen molar-refractivity contribution in [2.75, 3.05) is 79.5 Å². The number of hydrogen-bond acceptors (Lipinski definition) is 6. The molecule has 0 aromatic rings. The van der Waals surface area contributed by atoms with E-state index in [1.54, 1.807) is 0 Å². The average Bonchev–Trinajstić information content (AvgIpc) is 2.53. The van der Waals surface area contributed by atoms with Gasteiger partial charge in [-0.25, -0.2) is 4.79 Å². The molecule has 7 nitrogen and oxygen atoms in total. The number of ether oxygens (including phenoxy) is 1. The molecule has 0 radical (unpaired) electrons. The van der Waals surface area contributed by atoms with Crippen molar-refractivity contribution in [1.29, 1.82) is 0 Å². The minimum Gasteiger partial charge on any atom is -0.444 e. The first-order chi connectivity index (χ1) is 13.2. The van der Waals surface area contributed by atoms with Gasteiger partial charge in [-0.3, -0.25) is 4.90 Å². The van der Waals surface area contributed by atoms with Crippen molar-refractivity contribution < 1.29 is 9.53 Å². The molecule has 0 aromatic heterocycles. The Labute approximate surface area is 171 Å². The normalized spacial score (nSPS) is 26.8. The van der Waals surface area contributed by atoms with E-state index in [9.17, 15) is 4.79 Å². The highest BCUT2D eigenvalue weighted by Crippen LogP contribution is 2.50. The van der Waals surface area contributed by atoms with E-state index < -0.39 is 0 Å². The average molecular weight is 396 g/mol. The molecule has 0 unspecified atom stereocenters. The van der Waals surface area contributed by atoms with Crippen molar-refractivity contribution in [2.45, 2.75) is 45.3 Å². The minimum absolute atomic E-state index is 0.142. The molecule has 1 aliphatic carbocycles. The minimum atomic E-state index is -0.387. The maximum Gasteiger partial charge on any atom is 0.410 e. The number of hydrogen-bond donors (Lipinski definition) is 1. The third kappa shape index (κ3) is 5.81. The molecule has 0 atom stereocenters. The molecular weight excluding hydrogens is 354 g/mol. The van der Waals surface area contributed by atoms with Crippen LogP contribution < -0.4 is 5.32 Å². The van der Waals surface area contributed by atoms with Crippen LogP contribution in [0.15, 0.2) is 0 Å². The van der Waals surface area contributed by atoms with Crippen molar-refractivity contribution in [3.05, 3.63) is 0 Å². The molecule has 1 saturated carbocycles. The van der Waals surface area contributed by atoms with Crippen LogP contribution in [0.5, 0.6) is 0 Å². The lowest BCUT2D eigenvalue weighted by molar-refractivity contribution is -0.112. The van der Waals surface area contributed by atoms with Crippen molar-refractivity contribution >= 4 is 6.09 Å². The first kappa shape index (κ1) is 21.8. The fourth-order valence-electron chi connectivity index (χ4n) is 4.64. The van der Waals surface area contributed by atoms with Gasteiger partial charge in [0.05, 0.1) is 0 Å². The molecule has 3 heterocycles. The maximum atomic E-state index is 12.0. The van der Waals surface area contributed by atoms with Gasteiger partial charge in [-0.2, -0.15) is 0 Å². The van der Waals surface area contributed by atoms with Gasteiger partial charge in [0, 0.05) is 76.9 Å². The smallest absolute Gasteiger partial charge is 0.410 e. The van der Waals surface area contributed by atoms with Crippen LogP contribution in [0.2, 0.25) is 0 Å². The second-order valence-corrected chi connectivity index (χ2v) is 10.3. The highest BCUT2D eigenvalue weighted by Gasteiger charge is 2.55. The zero-order valence-corrected chi connectivity index (χ0v) is 18.7. The number of rotatable bonds is 1. The monoisotopic (exact) mass is 395 g/mol. The summed E-state index contributed by atoms with van der Waals surface area (Å²) >= 11 is 0. The largest absolute Gasteiger partial charge is 0.444 e. The van der Waals surface area contributed by atoms with Crippen molar-refractivity contribution in [2.24, 2.45) is 5.41 Å². The van der Waals surface area contributed by atoms with Crippen LogP contribution in [0.1, 0.15) is 33.6 Å². The van der Waals surface area contributed by atoms with Crippen LogP contribution in [-0.4, -0.2) is 117 Å². The molecule has 0 bridgehead atoms. The zero-order chi connectivity index (χ0) is 20.4. The first-order valence-corrected chi connectivity index (χ1v) is 11.0. The number of carbonyl (C=O) groups is 1. The molecule has 4 fully saturated rings. The zero-order valence-electron chi connectivity index (χ0n) is 18.7. The molecule has 7 heteroatoms. The van der Waals surface area contributed by atoms with Crippen LogP contribution in [0, 0.1) is 5.41 Å². The Morgan fingerprint density at radius 2 is 1.46 bits per heavy atom. The van der Waals surface area contributed by atoms with Crippen molar-refractivity contribution in [3.63, 3.8) is 0 Å². The quantitative estimate of drug-likeness (QED) is 0.719. The molecule has 1 N–H and O–H groups in total. The van der Waals surface area contributed by atoms with Crippen LogP contribution in [0.3, 0.4) is 0 Å². The summed E-state index contributed by atoms with van der Waals surface area (Å²) in [5.41, 5.74) is 0.0206. The lowest BCUT2D eigenvalue weighted by Gasteiger charge is -2.61. The maximum absolute atomic E-state index is 12.0. The molecular formula is C21H41N5O2. The van der Waals surface area contributed by atoms with Gasteiger partial charge in [0.1, 0.15) is 5.60 Å². The standard InChI is InChI=1S/C16H29N3O2.C5H12N2/c1-15(2,3)21-14(20)19-11-16(12-19)9-13(10-16)18-7-5-17(4)6-8-18;1-7-4-2-6-3-5-7/h13H,5-12H2,1-4H3;6H,2-5H2,1H3. The van der Waals surface area contributed by atoms with Gasteiger partial charge in [-0.1, -0.05) is 0 Å². The summed E-state index contributed by atoms with van der Waals surface area (Å²) in [6.45, 7) is 17.1. The van der Waals surface area contributed by atoms with E-state index in [1.807, 2.05) is 25.7 Å². The Kier molecular flexibility index (Phi) is 6.90. The molecule has 1 amide bonds. The third-order valence-corrected chi connectivity index (χ3v) is 6.44. The number of nitrogens with one attached hydrogen (secondary N) is 1. The highest BCUT2D eigenvalue weighted by atomic mass is 16.6. The van der Waals surface area contributed by atoms with E-state index in [4.69, 9.17) is 4.74 Å².